The van der Waals surface area contributed by atoms with Crippen LogP contribution in [-0.4, -0.2) is 24.6 Å². The highest BCUT2D eigenvalue weighted by molar-refractivity contribution is 5.92. The molecular formula is C14H16O4. The van der Waals surface area contributed by atoms with Crippen molar-refractivity contribution in [1.82, 2.24) is 0 Å². The molecule has 96 valence electrons. The van der Waals surface area contributed by atoms with Crippen LogP contribution in [0.1, 0.15) is 24.2 Å². The monoisotopic (exact) mass is 248 g/mol. The molecule has 0 fully saturated rings. The Morgan fingerprint density at radius 2 is 1.89 bits per heavy atom. The lowest BCUT2D eigenvalue weighted by Gasteiger charge is -2.14. The Kier molecular flexibility index (Phi) is 5.11. The van der Waals surface area contributed by atoms with Crippen LogP contribution in [0.3, 0.4) is 0 Å². The topological polar surface area (TPSA) is 52.6 Å². The molecule has 0 spiro atoms. The second-order valence-electron chi connectivity index (χ2n) is 3.66. The molecule has 1 unspecified atom stereocenters. The van der Waals surface area contributed by atoms with Gasteiger partial charge in [0, 0.05) is 0 Å². The van der Waals surface area contributed by atoms with Crippen LogP contribution < -0.4 is 0 Å². The predicted octanol–water partition coefficient (Wildman–Crippen LogP) is 2.35. The normalized spacial score (nSPS) is 11.4. The third-order valence-electron chi connectivity index (χ3n) is 2.32. The molecule has 1 aromatic rings. The maximum absolute atomic E-state index is 11.7. The summed E-state index contributed by atoms with van der Waals surface area (Å²) in [7, 11) is 0. The van der Waals surface area contributed by atoms with Crippen molar-refractivity contribution in [2.75, 3.05) is 6.61 Å². The van der Waals surface area contributed by atoms with E-state index in [9.17, 15) is 9.59 Å². The zero-order valence-corrected chi connectivity index (χ0v) is 10.5. The fraction of sp³-hybridized carbons (Fsp3) is 0.286. The van der Waals surface area contributed by atoms with Crippen molar-refractivity contribution in [3.8, 4) is 0 Å². The standard InChI is InChI=1S/C14H16O4/c1-4-17-13(15)10(2)11(3)18-14(16)12-8-6-5-7-9-12/h5-9,11H,2,4H2,1,3H3. The molecule has 0 aromatic heterocycles. The lowest BCUT2D eigenvalue weighted by Crippen LogP contribution is -2.22. The van der Waals surface area contributed by atoms with Gasteiger partial charge >= 0.3 is 11.9 Å². The first-order chi connectivity index (χ1) is 8.56. The molecule has 0 amide bonds. The van der Waals surface area contributed by atoms with Crippen molar-refractivity contribution >= 4 is 11.9 Å². The van der Waals surface area contributed by atoms with Gasteiger partial charge in [0.25, 0.3) is 0 Å². The maximum atomic E-state index is 11.7. The first-order valence-corrected chi connectivity index (χ1v) is 5.68. The van der Waals surface area contributed by atoms with Crippen molar-refractivity contribution in [3.05, 3.63) is 48.0 Å². The van der Waals surface area contributed by atoms with Crippen molar-refractivity contribution in [3.63, 3.8) is 0 Å². The molecule has 1 atom stereocenters. The zero-order valence-electron chi connectivity index (χ0n) is 10.5. The number of esters is 2. The Balaban J connectivity index is 2.60. The molecule has 0 aliphatic rings. The molecule has 18 heavy (non-hydrogen) atoms. The molecule has 0 aliphatic carbocycles. The Morgan fingerprint density at radius 3 is 2.44 bits per heavy atom. The van der Waals surface area contributed by atoms with Crippen LogP contribution >= 0.6 is 0 Å². The number of ether oxygens (including phenoxy) is 2. The summed E-state index contributed by atoms with van der Waals surface area (Å²) in [5, 5.41) is 0. The van der Waals surface area contributed by atoms with E-state index in [0.717, 1.165) is 0 Å². The molecule has 0 saturated heterocycles. The average molecular weight is 248 g/mol. The van der Waals surface area contributed by atoms with Crippen molar-refractivity contribution in [2.45, 2.75) is 20.0 Å². The molecule has 4 nitrogen and oxygen atoms in total. The first-order valence-electron chi connectivity index (χ1n) is 5.68. The van der Waals surface area contributed by atoms with Gasteiger partial charge in [-0.15, -0.1) is 0 Å². The smallest absolute Gasteiger partial charge is 0.338 e. The highest BCUT2D eigenvalue weighted by atomic mass is 16.6. The Morgan fingerprint density at radius 1 is 1.28 bits per heavy atom. The quantitative estimate of drug-likeness (QED) is 0.593. The molecule has 1 rings (SSSR count). The van der Waals surface area contributed by atoms with E-state index in [2.05, 4.69) is 6.58 Å². The van der Waals surface area contributed by atoms with E-state index >= 15 is 0 Å². The van der Waals surface area contributed by atoms with Gasteiger partial charge in [-0.25, -0.2) is 9.59 Å². The van der Waals surface area contributed by atoms with E-state index in [1.165, 1.54) is 0 Å². The summed E-state index contributed by atoms with van der Waals surface area (Å²) in [6, 6.07) is 8.56. The number of rotatable bonds is 5. The third kappa shape index (κ3) is 3.73. The number of carbonyl (C=O) groups is 2. The molecular weight excluding hydrogens is 232 g/mol. The minimum Gasteiger partial charge on any atom is -0.463 e. The van der Waals surface area contributed by atoms with Crippen LogP contribution in [0.15, 0.2) is 42.5 Å². The number of benzene rings is 1. The summed E-state index contributed by atoms with van der Waals surface area (Å²) in [4.78, 5) is 23.1. The molecule has 1 aromatic carbocycles. The minimum atomic E-state index is -0.711. The van der Waals surface area contributed by atoms with Crippen LogP contribution in [0.5, 0.6) is 0 Å². The van der Waals surface area contributed by atoms with Gasteiger partial charge in [-0.1, -0.05) is 24.8 Å². The fourth-order valence-corrected chi connectivity index (χ4v) is 1.26. The fourth-order valence-electron chi connectivity index (χ4n) is 1.26. The number of hydrogen-bond donors (Lipinski definition) is 0. The second kappa shape index (κ2) is 6.59. The van der Waals surface area contributed by atoms with Crippen LogP contribution in [0, 0.1) is 0 Å². The van der Waals surface area contributed by atoms with Gasteiger partial charge in [0.1, 0.15) is 6.10 Å². The Labute approximate surface area is 106 Å². The van der Waals surface area contributed by atoms with E-state index in [1.807, 2.05) is 0 Å². The van der Waals surface area contributed by atoms with Gasteiger partial charge in [0.2, 0.25) is 0 Å². The summed E-state index contributed by atoms with van der Waals surface area (Å²) < 4.78 is 9.91. The minimum absolute atomic E-state index is 0.126. The molecule has 4 heteroatoms. The van der Waals surface area contributed by atoms with Gasteiger partial charge in [-0.3, -0.25) is 0 Å². The van der Waals surface area contributed by atoms with E-state index in [1.54, 1.807) is 44.2 Å². The van der Waals surface area contributed by atoms with Crippen LogP contribution in [0.25, 0.3) is 0 Å². The molecule has 0 N–H and O–H groups in total. The van der Waals surface area contributed by atoms with Crippen molar-refractivity contribution in [2.24, 2.45) is 0 Å². The summed E-state index contributed by atoms with van der Waals surface area (Å²) >= 11 is 0. The molecule has 0 aliphatic heterocycles. The number of carbonyl (C=O) groups excluding carboxylic acids is 2. The van der Waals surface area contributed by atoms with Gasteiger partial charge in [-0.2, -0.15) is 0 Å². The Bertz CT molecular complexity index is 436. The molecule has 0 saturated carbocycles. The second-order valence-corrected chi connectivity index (χ2v) is 3.66. The van der Waals surface area contributed by atoms with Crippen LogP contribution in [0.2, 0.25) is 0 Å². The highest BCUT2D eigenvalue weighted by Crippen LogP contribution is 2.10. The lowest BCUT2D eigenvalue weighted by atomic mass is 10.2. The van der Waals surface area contributed by atoms with Crippen molar-refractivity contribution in [1.29, 1.82) is 0 Å². The summed E-state index contributed by atoms with van der Waals surface area (Å²) in [6.07, 6.45) is -0.711. The number of hydrogen-bond acceptors (Lipinski definition) is 4. The molecule has 0 radical (unpaired) electrons. The predicted molar refractivity (Wildman–Crippen MR) is 67.1 cm³/mol. The van der Waals surface area contributed by atoms with Gasteiger partial charge in [0.05, 0.1) is 17.7 Å². The average Bonchev–Trinajstić information content (AvgIpc) is 2.39. The highest BCUT2D eigenvalue weighted by Gasteiger charge is 2.20. The van der Waals surface area contributed by atoms with Gasteiger partial charge in [0.15, 0.2) is 0 Å². The van der Waals surface area contributed by atoms with E-state index < -0.39 is 18.0 Å². The SMILES string of the molecule is C=C(C(=O)OCC)C(C)OC(=O)c1ccccc1. The van der Waals surface area contributed by atoms with Gasteiger partial charge in [-0.05, 0) is 26.0 Å². The van der Waals surface area contributed by atoms with Crippen LogP contribution in [-0.2, 0) is 14.3 Å². The zero-order chi connectivity index (χ0) is 13.5. The summed E-state index contributed by atoms with van der Waals surface area (Å²) in [5.74, 6) is -1.04. The largest absolute Gasteiger partial charge is 0.463 e. The molecule has 0 bridgehead atoms. The van der Waals surface area contributed by atoms with E-state index in [4.69, 9.17) is 9.47 Å². The first kappa shape index (κ1) is 14.0. The van der Waals surface area contributed by atoms with E-state index in [-0.39, 0.29) is 12.2 Å². The van der Waals surface area contributed by atoms with E-state index in [0.29, 0.717) is 5.56 Å². The Hall–Kier alpha value is -2.10. The summed E-state index contributed by atoms with van der Waals surface area (Å²) in [6.45, 7) is 7.11. The van der Waals surface area contributed by atoms with Gasteiger partial charge < -0.3 is 9.47 Å². The lowest BCUT2D eigenvalue weighted by molar-refractivity contribution is -0.139. The summed E-state index contributed by atoms with van der Waals surface area (Å²) in [5.41, 5.74) is 0.558. The molecule has 0 heterocycles. The maximum Gasteiger partial charge on any atom is 0.338 e. The third-order valence-corrected chi connectivity index (χ3v) is 2.32. The van der Waals surface area contributed by atoms with Crippen molar-refractivity contribution < 1.29 is 19.1 Å². The van der Waals surface area contributed by atoms with Crippen LogP contribution in [0.4, 0.5) is 0 Å².